The zero-order valence-corrected chi connectivity index (χ0v) is 14.3. The Bertz CT molecular complexity index is 732. The van der Waals surface area contributed by atoms with Gasteiger partial charge in [0.25, 0.3) is 0 Å². The molecule has 0 saturated heterocycles. The van der Waals surface area contributed by atoms with Crippen molar-refractivity contribution in [2.45, 2.75) is 29.6 Å². The number of benzene rings is 1. The van der Waals surface area contributed by atoms with Crippen LogP contribution in [0.25, 0.3) is 0 Å². The van der Waals surface area contributed by atoms with Crippen molar-refractivity contribution >= 4 is 39.8 Å². The SMILES string of the molecule is O=C(CSc1nnc(NC2CC2)s1)Nc1ccc(OC(F)(F)F)cc1. The molecule has 134 valence electrons. The van der Waals surface area contributed by atoms with Gasteiger partial charge in [0.05, 0.1) is 5.75 Å². The number of thioether (sulfide) groups is 1. The summed E-state index contributed by atoms with van der Waals surface area (Å²) >= 11 is 2.63. The molecule has 1 fully saturated rings. The van der Waals surface area contributed by atoms with Crippen LogP contribution in [0.4, 0.5) is 24.0 Å². The summed E-state index contributed by atoms with van der Waals surface area (Å²) in [5.74, 6) is -0.510. The van der Waals surface area contributed by atoms with E-state index in [1.165, 1.54) is 35.2 Å². The summed E-state index contributed by atoms with van der Waals surface area (Å²) in [6.07, 6.45) is -2.47. The first-order chi connectivity index (χ1) is 11.9. The number of carbonyl (C=O) groups is 1. The van der Waals surface area contributed by atoms with Gasteiger partial charge >= 0.3 is 6.36 Å². The van der Waals surface area contributed by atoms with Gasteiger partial charge in [0.2, 0.25) is 11.0 Å². The predicted molar refractivity (Wildman–Crippen MR) is 89.0 cm³/mol. The van der Waals surface area contributed by atoms with E-state index in [-0.39, 0.29) is 17.4 Å². The van der Waals surface area contributed by atoms with Crippen molar-refractivity contribution in [3.8, 4) is 5.75 Å². The highest BCUT2D eigenvalue weighted by Crippen LogP contribution is 2.30. The molecule has 0 unspecified atom stereocenters. The predicted octanol–water partition coefficient (Wildman–Crippen LogP) is 3.74. The van der Waals surface area contributed by atoms with E-state index in [9.17, 15) is 18.0 Å². The van der Waals surface area contributed by atoms with E-state index in [2.05, 4.69) is 25.6 Å². The molecular weight excluding hydrogens is 377 g/mol. The van der Waals surface area contributed by atoms with Gasteiger partial charge in [-0.05, 0) is 37.1 Å². The number of hydrogen-bond donors (Lipinski definition) is 2. The standard InChI is InChI=1S/C14H13F3N4O2S2/c15-14(16,17)23-10-5-3-8(4-6-10)18-11(22)7-24-13-21-20-12(25-13)19-9-1-2-9/h3-6,9H,1-2,7H2,(H,18,22)(H,19,20). The monoisotopic (exact) mass is 390 g/mol. The van der Waals surface area contributed by atoms with Crippen LogP contribution < -0.4 is 15.4 Å². The van der Waals surface area contributed by atoms with E-state index in [1.54, 1.807) is 0 Å². The maximum Gasteiger partial charge on any atom is 0.573 e. The largest absolute Gasteiger partial charge is 0.573 e. The second-order valence-corrected chi connectivity index (χ2v) is 7.40. The summed E-state index contributed by atoms with van der Waals surface area (Å²) in [5.41, 5.74) is 0.383. The van der Waals surface area contributed by atoms with Crippen LogP contribution in [-0.4, -0.2) is 34.3 Å². The number of rotatable bonds is 7. The smallest absolute Gasteiger partial charge is 0.406 e. The van der Waals surface area contributed by atoms with Crippen LogP contribution in [0.1, 0.15) is 12.8 Å². The number of alkyl halides is 3. The fourth-order valence-electron chi connectivity index (χ4n) is 1.79. The van der Waals surface area contributed by atoms with Crippen LogP contribution in [0.3, 0.4) is 0 Å². The summed E-state index contributed by atoms with van der Waals surface area (Å²) in [5, 5.41) is 14.5. The minimum absolute atomic E-state index is 0.124. The minimum atomic E-state index is -4.74. The highest BCUT2D eigenvalue weighted by Gasteiger charge is 2.31. The van der Waals surface area contributed by atoms with Crippen LogP contribution >= 0.6 is 23.1 Å². The molecule has 1 heterocycles. The van der Waals surface area contributed by atoms with Gasteiger partial charge in [0.1, 0.15) is 5.75 Å². The van der Waals surface area contributed by atoms with Crippen molar-refractivity contribution in [2.75, 3.05) is 16.4 Å². The quantitative estimate of drug-likeness (QED) is 0.702. The molecule has 0 spiro atoms. The molecule has 0 aliphatic heterocycles. The Morgan fingerprint density at radius 3 is 2.64 bits per heavy atom. The molecule has 2 aromatic rings. The number of nitrogens with zero attached hydrogens (tertiary/aromatic N) is 2. The highest BCUT2D eigenvalue weighted by atomic mass is 32.2. The van der Waals surface area contributed by atoms with E-state index in [4.69, 9.17) is 0 Å². The van der Waals surface area contributed by atoms with Gasteiger partial charge in [-0.1, -0.05) is 23.1 Å². The summed E-state index contributed by atoms with van der Waals surface area (Å²) in [7, 11) is 0. The average molecular weight is 390 g/mol. The minimum Gasteiger partial charge on any atom is -0.406 e. The van der Waals surface area contributed by atoms with Crippen LogP contribution in [0.5, 0.6) is 5.75 Å². The molecule has 25 heavy (non-hydrogen) atoms. The summed E-state index contributed by atoms with van der Waals surface area (Å²) in [6, 6.07) is 5.44. The molecule has 0 radical (unpaired) electrons. The van der Waals surface area contributed by atoms with Gasteiger partial charge in [-0.3, -0.25) is 4.79 Å². The Morgan fingerprint density at radius 2 is 2.00 bits per heavy atom. The molecule has 11 heteroatoms. The lowest BCUT2D eigenvalue weighted by molar-refractivity contribution is -0.274. The molecule has 1 amide bonds. The number of hydrogen-bond acceptors (Lipinski definition) is 7. The Morgan fingerprint density at radius 1 is 1.28 bits per heavy atom. The first-order valence-corrected chi connectivity index (χ1v) is 9.06. The van der Waals surface area contributed by atoms with E-state index >= 15 is 0 Å². The summed E-state index contributed by atoms with van der Waals surface area (Å²) in [4.78, 5) is 11.9. The zero-order chi connectivity index (χ0) is 17.9. The molecule has 1 aliphatic carbocycles. The third kappa shape index (κ3) is 6.09. The molecule has 6 nitrogen and oxygen atoms in total. The Hall–Kier alpha value is -2.01. The van der Waals surface area contributed by atoms with E-state index in [0.717, 1.165) is 30.1 Å². The van der Waals surface area contributed by atoms with Crippen LogP contribution in [-0.2, 0) is 4.79 Å². The van der Waals surface area contributed by atoms with Crippen molar-refractivity contribution in [1.82, 2.24) is 10.2 Å². The summed E-state index contributed by atoms with van der Waals surface area (Å²) < 4.78 is 40.7. The third-order valence-corrected chi connectivity index (χ3v) is 5.00. The lowest BCUT2D eigenvalue weighted by atomic mass is 10.3. The zero-order valence-electron chi connectivity index (χ0n) is 12.7. The second kappa shape index (κ2) is 7.48. The fraction of sp³-hybridized carbons (Fsp3) is 0.357. The molecule has 1 aromatic heterocycles. The normalized spacial score (nSPS) is 14.2. The number of carbonyl (C=O) groups excluding carboxylic acids is 1. The van der Waals surface area contributed by atoms with Gasteiger partial charge in [-0.25, -0.2) is 0 Å². The Labute approximate surface area is 149 Å². The topological polar surface area (TPSA) is 76.1 Å². The van der Waals surface area contributed by atoms with E-state index < -0.39 is 6.36 Å². The van der Waals surface area contributed by atoms with Gasteiger partial charge in [0.15, 0.2) is 4.34 Å². The lowest BCUT2D eigenvalue weighted by Crippen LogP contribution is -2.17. The lowest BCUT2D eigenvalue weighted by Gasteiger charge is -2.09. The van der Waals surface area contributed by atoms with Crippen molar-refractivity contribution in [3.05, 3.63) is 24.3 Å². The molecule has 0 bridgehead atoms. The van der Waals surface area contributed by atoms with E-state index in [1.807, 2.05) is 0 Å². The maximum atomic E-state index is 12.1. The first-order valence-electron chi connectivity index (χ1n) is 7.26. The van der Waals surface area contributed by atoms with Crippen LogP contribution in [0.2, 0.25) is 0 Å². The van der Waals surface area contributed by atoms with Gasteiger partial charge in [0, 0.05) is 11.7 Å². The number of ether oxygens (including phenoxy) is 1. The maximum absolute atomic E-state index is 12.1. The third-order valence-electron chi connectivity index (χ3n) is 3.01. The van der Waals surface area contributed by atoms with Gasteiger partial charge in [-0.15, -0.1) is 23.4 Å². The van der Waals surface area contributed by atoms with Crippen LogP contribution in [0, 0.1) is 0 Å². The number of nitrogens with one attached hydrogen (secondary N) is 2. The van der Waals surface area contributed by atoms with Crippen molar-refractivity contribution in [3.63, 3.8) is 0 Å². The second-order valence-electron chi connectivity index (χ2n) is 5.20. The molecule has 1 aromatic carbocycles. The van der Waals surface area contributed by atoms with E-state index in [0.29, 0.717) is 16.1 Å². The number of halogens is 3. The molecule has 2 N–H and O–H groups in total. The van der Waals surface area contributed by atoms with Gasteiger partial charge < -0.3 is 15.4 Å². The number of aromatic nitrogens is 2. The number of anilines is 2. The van der Waals surface area contributed by atoms with Crippen molar-refractivity contribution < 1.29 is 22.7 Å². The fourth-order valence-corrected chi connectivity index (χ4v) is 3.42. The first kappa shape index (κ1) is 17.8. The molecule has 3 rings (SSSR count). The highest BCUT2D eigenvalue weighted by molar-refractivity contribution is 8.01. The van der Waals surface area contributed by atoms with Crippen LogP contribution in [0.15, 0.2) is 28.6 Å². The number of amides is 1. The molecule has 1 aliphatic rings. The molecular formula is C14H13F3N4O2S2. The summed E-state index contributed by atoms with van der Waals surface area (Å²) in [6.45, 7) is 0. The molecule has 1 saturated carbocycles. The van der Waals surface area contributed by atoms with Crippen molar-refractivity contribution in [1.29, 1.82) is 0 Å². The van der Waals surface area contributed by atoms with Gasteiger partial charge in [-0.2, -0.15) is 0 Å². The van der Waals surface area contributed by atoms with Crippen molar-refractivity contribution in [2.24, 2.45) is 0 Å². The average Bonchev–Trinajstić information content (AvgIpc) is 3.23. The Balaban J connectivity index is 1.44. The molecule has 0 atom stereocenters. The Kier molecular flexibility index (Phi) is 5.33.